The first-order valence-corrected chi connectivity index (χ1v) is 3.78. The highest BCUT2D eigenvalue weighted by molar-refractivity contribution is 4.96. The molecule has 0 aliphatic rings. The lowest BCUT2D eigenvalue weighted by Crippen LogP contribution is -2.10. The van der Waals surface area contributed by atoms with E-state index in [1.165, 1.54) is 0 Å². The standard InChI is InChI=1S/C8H14N2O/c1-6(2)7(11)8-9-4-5-10(8)3/h4-7,11H,1-3H3. The number of hydrogen-bond donors (Lipinski definition) is 1. The second-order valence-electron chi connectivity index (χ2n) is 3.09. The SMILES string of the molecule is CC(C)C(O)c1nccn1C. The van der Waals surface area contributed by atoms with Crippen molar-refractivity contribution in [3.8, 4) is 0 Å². The first kappa shape index (κ1) is 8.27. The highest BCUT2D eigenvalue weighted by Crippen LogP contribution is 2.18. The Morgan fingerprint density at radius 2 is 2.18 bits per heavy atom. The van der Waals surface area contributed by atoms with Crippen molar-refractivity contribution in [2.75, 3.05) is 0 Å². The highest BCUT2D eigenvalue weighted by Gasteiger charge is 2.15. The predicted molar refractivity (Wildman–Crippen MR) is 43.0 cm³/mol. The second kappa shape index (κ2) is 3.05. The van der Waals surface area contributed by atoms with Gasteiger partial charge in [0.25, 0.3) is 0 Å². The highest BCUT2D eigenvalue weighted by atomic mass is 16.3. The third kappa shape index (κ3) is 1.60. The van der Waals surface area contributed by atoms with Crippen molar-refractivity contribution in [1.82, 2.24) is 9.55 Å². The monoisotopic (exact) mass is 154 g/mol. The Hall–Kier alpha value is -0.830. The van der Waals surface area contributed by atoms with Crippen molar-refractivity contribution in [3.05, 3.63) is 18.2 Å². The molecule has 0 aromatic carbocycles. The number of rotatable bonds is 2. The van der Waals surface area contributed by atoms with Crippen LogP contribution in [0.1, 0.15) is 25.8 Å². The smallest absolute Gasteiger partial charge is 0.137 e. The van der Waals surface area contributed by atoms with Crippen molar-refractivity contribution < 1.29 is 5.11 Å². The molecule has 0 radical (unpaired) electrons. The van der Waals surface area contributed by atoms with Crippen molar-refractivity contribution in [2.45, 2.75) is 20.0 Å². The molecular formula is C8H14N2O. The van der Waals surface area contributed by atoms with E-state index in [9.17, 15) is 5.11 Å². The molecule has 1 unspecified atom stereocenters. The number of aliphatic hydroxyl groups is 1. The van der Waals surface area contributed by atoms with Gasteiger partial charge in [0.05, 0.1) is 0 Å². The van der Waals surface area contributed by atoms with E-state index in [0.717, 1.165) is 5.82 Å². The zero-order chi connectivity index (χ0) is 8.43. The number of nitrogens with zero attached hydrogens (tertiary/aromatic N) is 2. The topological polar surface area (TPSA) is 38.1 Å². The molecule has 0 aliphatic heterocycles. The minimum Gasteiger partial charge on any atom is -0.385 e. The summed E-state index contributed by atoms with van der Waals surface area (Å²) < 4.78 is 1.84. The van der Waals surface area contributed by atoms with Gasteiger partial charge in [-0.15, -0.1) is 0 Å². The van der Waals surface area contributed by atoms with Crippen LogP contribution < -0.4 is 0 Å². The van der Waals surface area contributed by atoms with Gasteiger partial charge in [0.2, 0.25) is 0 Å². The van der Waals surface area contributed by atoms with Gasteiger partial charge in [-0.1, -0.05) is 13.8 Å². The summed E-state index contributed by atoms with van der Waals surface area (Å²) in [5.74, 6) is 0.955. The van der Waals surface area contributed by atoms with Crippen LogP contribution in [0.15, 0.2) is 12.4 Å². The van der Waals surface area contributed by atoms with Crippen LogP contribution in [0, 0.1) is 5.92 Å². The maximum absolute atomic E-state index is 9.58. The Morgan fingerprint density at radius 1 is 1.55 bits per heavy atom. The van der Waals surface area contributed by atoms with E-state index in [0.29, 0.717) is 0 Å². The fourth-order valence-electron chi connectivity index (χ4n) is 0.960. The molecule has 0 amide bonds. The van der Waals surface area contributed by atoms with Crippen LogP contribution >= 0.6 is 0 Å². The lowest BCUT2D eigenvalue weighted by Gasteiger charge is -2.13. The molecule has 1 heterocycles. The minimum atomic E-state index is -0.449. The van der Waals surface area contributed by atoms with Crippen LogP contribution in [-0.4, -0.2) is 14.7 Å². The Morgan fingerprint density at radius 3 is 2.55 bits per heavy atom. The fraction of sp³-hybridized carbons (Fsp3) is 0.625. The van der Waals surface area contributed by atoms with Crippen molar-refractivity contribution in [2.24, 2.45) is 13.0 Å². The molecule has 3 nitrogen and oxygen atoms in total. The third-order valence-corrected chi connectivity index (χ3v) is 1.75. The van der Waals surface area contributed by atoms with E-state index in [1.54, 1.807) is 6.20 Å². The molecular weight excluding hydrogens is 140 g/mol. The Labute approximate surface area is 66.7 Å². The van der Waals surface area contributed by atoms with Gasteiger partial charge in [-0.3, -0.25) is 0 Å². The van der Waals surface area contributed by atoms with Crippen LogP contribution in [-0.2, 0) is 7.05 Å². The summed E-state index contributed by atoms with van der Waals surface area (Å²) in [6.07, 6.45) is 3.08. The van der Waals surface area contributed by atoms with E-state index in [2.05, 4.69) is 4.98 Å². The van der Waals surface area contributed by atoms with E-state index >= 15 is 0 Å². The second-order valence-corrected chi connectivity index (χ2v) is 3.09. The molecule has 1 aromatic rings. The van der Waals surface area contributed by atoms with E-state index < -0.39 is 6.10 Å². The average molecular weight is 154 g/mol. The molecule has 0 fully saturated rings. The molecule has 0 aliphatic carbocycles. The summed E-state index contributed by atoms with van der Waals surface area (Å²) >= 11 is 0. The van der Waals surface area contributed by atoms with Gasteiger partial charge < -0.3 is 9.67 Å². The third-order valence-electron chi connectivity index (χ3n) is 1.75. The Balaban J connectivity index is 2.84. The Bertz CT molecular complexity index is 230. The van der Waals surface area contributed by atoms with Crippen LogP contribution in [0.25, 0.3) is 0 Å². The molecule has 1 N–H and O–H groups in total. The summed E-state index contributed by atoms with van der Waals surface area (Å²) in [5.41, 5.74) is 0. The van der Waals surface area contributed by atoms with Crippen LogP contribution in [0.2, 0.25) is 0 Å². The molecule has 0 saturated heterocycles. The van der Waals surface area contributed by atoms with Crippen molar-refractivity contribution >= 4 is 0 Å². The number of aliphatic hydroxyl groups excluding tert-OH is 1. The Kier molecular flexibility index (Phi) is 2.29. The molecule has 3 heteroatoms. The largest absolute Gasteiger partial charge is 0.385 e. The van der Waals surface area contributed by atoms with Gasteiger partial charge in [0.15, 0.2) is 0 Å². The number of hydrogen-bond acceptors (Lipinski definition) is 2. The normalized spacial score (nSPS) is 13.9. The molecule has 11 heavy (non-hydrogen) atoms. The van der Waals surface area contributed by atoms with Gasteiger partial charge in [-0.05, 0) is 5.92 Å². The first-order valence-electron chi connectivity index (χ1n) is 3.78. The van der Waals surface area contributed by atoms with E-state index in [4.69, 9.17) is 0 Å². The zero-order valence-corrected chi connectivity index (χ0v) is 7.15. The van der Waals surface area contributed by atoms with Gasteiger partial charge in [-0.25, -0.2) is 4.98 Å². The molecule has 0 saturated carbocycles. The van der Waals surface area contributed by atoms with Crippen LogP contribution in [0.4, 0.5) is 0 Å². The van der Waals surface area contributed by atoms with Gasteiger partial charge in [-0.2, -0.15) is 0 Å². The van der Waals surface area contributed by atoms with Crippen molar-refractivity contribution in [3.63, 3.8) is 0 Å². The molecule has 0 spiro atoms. The van der Waals surface area contributed by atoms with Crippen LogP contribution in [0.5, 0.6) is 0 Å². The van der Waals surface area contributed by atoms with E-state index in [1.807, 2.05) is 31.7 Å². The average Bonchev–Trinajstić information content (AvgIpc) is 2.33. The summed E-state index contributed by atoms with van der Waals surface area (Å²) in [6.45, 7) is 3.94. The van der Waals surface area contributed by atoms with Gasteiger partial charge >= 0.3 is 0 Å². The van der Waals surface area contributed by atoms with Crippen molar-refractivity contribution in [1.29, 1.82) is 0 Å². The fourth-order valence-corrected chi connectivity index (χ4v) is 0.960. The van der Waals surface area contributed by atoms with Crippen LogP contribution in [0.3, 0.4) is 0 Å². The number of aromatic nitrogens is 2. The van der Waals surface area contributed by atoms with Gasteiger partial charge in [0.1, 0.15) is 11.9 Å². The maximum Gasteiger partial charge on any atom is 0.137 e. The molecule has 62 valence electrons. The van der Waals surface area contributed by atoms with Gasteiger partial charge in [0, 0.05) is 19.4 Å². The lowest BCUT2D eigenvalue weighted by atomic mass is 10.1. The summed E-state index contributed by atoms with van der Waals surface area (Å²) in [5, 5.41) is 9.58. The molecule has 1 rings (SSSR count). The maximum atomic E-state index is 9.58. The number of aryl methyl sites for hydroxylation is 1. The predicted octanol–water partition coefficient (Wildman–Crippen LogP) is 1.11. The summed E-state index contributed by atoms with van der Waals surface area (Å²) in [4.78, 5) is 4.05. The zero-order valence-electron chi connectivity index (χ0n) is 7.15. The number of imidazole rings is 1. The minimum absolute atomic E-state index is 0.219. The molecule has 0 bridgehead atoms. The summed E-state index contributed by atoms with van der Waals surface area (Å²) in [7, 11) is 1.88. The molecule has 1 atom stereocenters. The summed E-state index contributed by atoms with van der Waals surface area (Å²) in [6, 6.07) is 0. The quantitative estimate of drug-likeness (QED) is 0.693. The lowest BCUT2D eigenvalue weighted by molar-refractivity contribution is 0.115. The molecule has 1 aromatic heterocycles. The first-order chi connectivity index (χ1) is 5.13. The van der Waals surface area contributed by atoms with E-state index in [-0.39, 0.29) is 5.92 Å².